The molecule has 0 bridgehead atoms. The first kappa shape index (κ1) is 14.9. The number of benzene rings is 2. The lowest BCUT2D eigenvalue weighted by Gasteiger charge is -2.13. The molecule has 0 saturated carbocycles. The molecule has 0 amide bonds. The standard InChI is InChI=1S/C16H17NO4/c1-10-7-12(8-13(15(10)17)16(19)20-2)21-14-6-4-3-5-11(14)9-18/h3-8,18H,9,17H2,1-2H3. The summed E-state index contributed by atoms with van der Waals surface area (Å²) in [6.07, 6.45) is 0. The second-order valence-corrected chi connectivity index (χ2v) is 4.56. The Kier molecular flexibility index (Phi) is 4.45. The lowest BCUT2D eigenvalue weighted by Crippen LogP contribution is -2.07. The van der Waals surface area contributed by atoms with E-state index < -0.39 is 5.97 Å². The number of nitrogen functional groups attached to an aromatic ring is 1. The molecule has 21 heavy (non-hydrogen) atoms. The maximum atomic E-state index is 11.7. The Morgan fingerprint density at radius 1 is 1.29 bits per heavy atom. The van der Waals surface area contributed by atoms with Crippen molar-refractivity contribution in [3.05, 3.63) is 53.1 Å². The van der Waals surface area contributed by atoms with Crippen LogP contribution in [0, 0.1) is 6.92 Å². The van der Waals surface area contributed by atoms with Crippen molar-refractivity contribution in [1.82, 2.24) is 0 Å². The van der Waals surface area contributed by atoms with Gasteiger partial charge in [0.15, 0.2) is 0 Å². The number of ether oxygens (including phenoxy) is 2. The second kappa shape index (κ2) is 6.28. The van der Waals surface area contributed by atoms with Gasteiger partial charge < -0.3 is 20.3 Å². The summed E-state index contributed by atoms with van der Waals surface area (Å²) in [5.41, 5.74) is 7.88. The Hall–Kier alpha value is -2.53. The van der Waals surface area contributed by atoms with Gasteiger partial charge >= 0.3 is 5.97 Å². The fourth-order valence-corrected chi connectivity index (χ4v) is 1.96. The largest absolute Gasteiger partial charge is 0.465 e. The third-order valence-corrected chi connectivity index (χ3v) is 3.14. The average Bonchev–Trinajstić information content (AvgIpc) is 2.50. The molecule has 5 nitrogen and oxygen atoms in total. The van der Waals surface area contributed by atoms with Gasteiger partial charge in [0.1, 0.15) is 11.5 Å². The molecule has 0 fully saturated rings. The van der Waals surface area contributed by atoms with E-state index in [1.165, 1.54) is 13.2 Å². The molecule has 0 aliphatic carbocycles. The Morgan fingerprint density at radius 2 is 2.00 bits per heavy atom. The molecule has 0 atom stereocenters. The van der Waals surface area contributed by atoms with E-state index in [-0.39, 0.29) is 12.2 Å². The molecule has 0 radical (unpaired) electrons. The molecule has 3 N–H and O–H groups in total. The number of carbonyl (C=O) groups is 1. The van der Waals surface area contributed by atoms with E-state index in [0.29, 0.717) is 22.7 Å². The maximum Gasteiger partial charge on any atom is 0.340 e. The molecule has 2 aromatic carbocycles. The molecule has 0 aromatic heterocycles. The number of anilines is 1. The zero-order chi connectivity index (χ0) is 15.4. The molecule has 0 heterocycles. The number of hydrogen-bond acceptors (Lipinski definition) is 5. The highest BCUT2D eigenvalue weighted by Gasteiger charge is 2.15. The molecule has 110 valence electrons. The minimum absolute atomic E-state index is 0.131. The van der Waals surface area contributed by atoms with Crippen LogP contribution in [-0.4, -0.2) is 18.2 Å². The number of hydrogen-bond donors (Lipinski definition) is 2. The summed E-state index contributed by atoms with van der Waals surface area (Å²) in [6.45, 7) is 1.65. The van der Waals surface area contributed by atoms with Gasteiger partial charge in [0, 0.05) is 11.3 Å². The molecule has 0 saturated heterocycles. The minimum atomic E-state index is -0.517. The van der Waals surface area contributed by atoms with Crippen molar-refractivity contribution in [1.29, 1.82) is 0 Å². The number of carbonyl (C=O) groups excluding carboxylic acids is 1. The Labute approximate surface area is 122 Å². The number of aliphatic hydroxyl groups is 1. The van der Waals surface area contributed by atoms with E-state index in [1.807, 2.05) is 6.07 Å². The Balaban J connectivity index is 2.41. The second-order valence-electron chi connectivity index (χ2n) is 4.56. The van der Waals surface area contributed by atoms with E-state index in [1.54, 1.807) is 31.2 Å². The summed E-state index contributed by atoms with van der Waals surface area (Å²) in [4.78, 5) is 11.7. The maximum absolute atomic E-state index is 11.7. The highest BCUT2D eigenvalue weighted by atomic mass is 16.5. The highest BCUT2D eigenvalue weighted by Crippen LogP contribution is 2.30. The van der Waals surface area contributed by atoms with Gasteiger partial charge in [-0.05, 0) is 30.7 Å². The molecule has 0 spiro atoms. The Morgan fingerprint density at radius 3 is 2.67 bits per heavy atom. The van der Waals surface area contributed by atoms with E-state index in [0.717, 1.165) is 5.56 Å². The van der Waals surface area contributed by atoms with Crippen LogP contribution in [0.25, 0.3) is 0 Å². The predicted molar refractivity (Wildman–Crippen MR) is 79.4 cm³/mol. The normalized spacial score (nSPS) is 10.2. The number of rotatable bonds is 4. The van der Waals surface area contributed by atoms with Crippen LogP contribution in [0.4, 0.5) is 5.69 Å². The first-order chi connectivity index (χ1) is 10.1. The molecule has 0 aliphatic heterocycles. The van der Waals surface area contributed by atoms with Crippen LogP contribution in [0.5, 0.6) is 11.5 Å². The van der Waals surface area contributed by atoms with Crippen molar-refractivity contribution in [2.24, 2.45) is 0 Å². The average molecular weight is 287 g/mol. The van der Waals surface area contributed by atoms with Crippen LogP contribution in [-0.2, 0) is 11.3 Å². The van der Waals surface area contributed by atoms with E-state index in [4.69, 9.17) is 15.2 Å². The van der Waals surface area contributed by atoms with Gasteiger partial charge in [0.2, 0.25) is 0 Å². The third kappa shape index (κ3) is 3.14. The quantitative estimate of drug-likeness (QED) is 0.667. The third-order valence-electron chi connectivity index (χ3n) is 3.14. The number of para-hydroxylation sites is 1. The fourth-order valence-electron chi connectivity index (χ4n) is 1.96. The molecular formula is C16H17NO4. The van der Waals surface area contributed by atoms with Crippen LogP contribution in [0.1, 0.15) is 21.5 Å². The van der Waals surface area contributed by atoms with Crippen molar-refractivity contribution in [3.8, 4) is 11.5 Å². The zero-order valence-electron chi connectivity index (χ0n) is 11.9. The Bertz CT molecular complexity index is 667. The SMILES string of the molecule is COC(=O)c1cc(Oc2ccccc2CO)cc(C)c1N. The molecule has 5 heteroatoms. The van der Waals surface area contributed by atoms with Crippen LogP contribution in [0.3, 0.4) is 0 Å². The minimum Gasteiger partial charge on any atom is -0.465 e. The smallest absolute Gasteiger partial charge is 0.340 e. The highest BCUT2D eigenvalue weighted by molar-refractivity contribution is 5.96. The lowest BCUT2D eigenvalue weighted by atomic mass is 10.1. The van der Waals surface area contributed by atoms with Crippen LogP contribution < -0.4 is 10.5 Å². The van der Waals surface area contributed by atoms with Crippen molar-refractivity contribution < 1.29 is 19.4 Å². The molecule has 2 rings (SSSR count). The number of aliphatic hydroxyl groups excluding tert-OH is 1. The zero-order valence-corrected chi connectivity index (χ0v) is 11.9. The summed E-state index contributed by atoms with van der Waals surface area (Å²) in [5, 5.41) is 9.30. The molecular weight excluding hydrogens is 270 g/mol. The summed E-state index contributed by atoms with van der Waals surface area (Å²) >= 11 is 0. The van der Waals surface area contributed by atoms with Gasteiger partial charge in [-0.2, -0.15) is 0 Å². The monoisotopic (exact) mass is 287 g/mol. The van der Waals surface area contributed by atoms with Crippen LogP contribution in [0.15, 0.2) is 36.4 Å². The summed E-state index contributed by atoms with van der Waals surface area (Å²) < 4.78 is 10.5. The van der Waals surface area contributed by atoms with Crippen molar-refractivity contribution in [2.75, 3.05) is 12.8 Å². The van der Waals surface area contributed by atoms with Crippen LogP contribution >= 0.6 is 0 Å². The van der Waals surface area contributed by atoms with Gasteiger partial charge in [0.25, 0.3) is 0 Å². The number of aryl methyl sites for hydroxylation is 1. The van der Waals surface area contributed by atoms with Gasteiger partial charge in [-0.25, -0.2) is 4.79 Å². The number of esters is 1. The van der Waals surface area contributed by atoms with Crippen molar-refractivity contribution in [3.63, 3.8) is 0 Å². The molecule has 0 aliphatic rings. The first-order valence-corrected chi connectivity index (χ1v) is 6.42. The number of nitrogens with two attached hydrogens (primary N) is 1. The lowest BCUT2D eigenvalue weighted by molar-refractivity contribution is 0.0601. The van der Waals surface area contributed by atoms with E-state index in [9.17, 15) is 9.90 Å². The van der Waals surface area contributed by atoms with Crippen molar-refractivity contribution in [2.45, 2.75) is 13.5 Å². The molecule has 0 unspecified atom stereocenters. The van der Waals surface area contributed by atoms with Gasteiger partial charge in [0.05, 0.1) is 19.3 Å². The summed E-state index contributed by atoms with van der Waals surface area (Å²) in [7, 11) is 1.30. The fraction of sp³-hybridized carbons (Fsp3) is 0.188. The predicted octanol–water partition coefficient (Wildman–Crippen LogP) is 2.65. The first-order valence-electron chi connectivity index (χ1n) is 6.42. The van der Waals surface area contributed by atoms with Crippen LogP contribution in [0.2, 0.25) is 0 Å². The summed E-state index contributed by atoms with van der Waals surface area (Å²) in [6, 6.07) is 10.4. The molecule has 2 aromatic rings. The summed E-state index contributed by atoms with van der Waals surface area (Å²) in [5.74, 6) is 0.472. The van der Waals surface area contributed by atoms with Gasteiger partial charge in [-0.15, -0.1) is 0 Å². The topological polar surface area (TPSA) is 81.8 Å². The number of methoxy groups -OCH3 is 1. The van der Waals surface area contributed by atoms with Gasteiger partial charge in [-0.1, -0.05) is 18.2 Å². The van der Waals surface area contributed by atoms with Crippen molar-refractivity contribution >= 4 is 11.7 Å². The van der Waals surface area contributed by atoms with Gasteiger partial charge in [-0.3, -0.25) is 0 Å². The van der Waals surface area contributed by atoms with E-state index >= 15 is 0 Å². The van der Waals surface area contributed by atoms with E-state index in [2.05, 4.69) is 0 Å².